The van der Waals surface area contributed by atoms with Crippen molar-refractivity contribution in [1.29, 1.82) is 0 Å². The number of benzene rings is 2. The number of aryl methyl sites for hydroxylation is 1. The second kappa shape index (κ2) is 6.37. The van der Waals surface area contributed by atoms with Crippen molar-refractivity contribution in [3.8, 4) is 11.5 Å². The lowest BCUT2D eigenvalue weighted by atomic mass is 10.1. The maximum Gasteiger partial charge on any atom is 0.132 e. The van der Waals surface area contributed by atoms with Crippen LogP contribution < -0.4 is 10.1 Å². The van der Waals surface area contributed by atoms with Gasteiger partial charge < -0.3 is 10.1 Å². The molecule has 0 amide bonds. The molecular formula is C16H17BrFNO. The normalized spacial score (nSPS) is 12.2. The molecule has 0 fully saturated rings. The Balaban J connectivity index is 2.40. The van der Waals surface area contributed by atoms with Crippen molar-refractivity contribution in [2.45, 2.75) is 19.9 Å². The first-order valence-electron chi connectivity index (χ1n) is 6.42. The highest BCUT2D eigenvalue weighted by atomic mass is 79.9. The summed E-state index contributed by atoms with van der Waals surface area (Å²) in [6.45, 7) is 3.95. The zero-order chi connectivity index (χ0) is 14.7. The molecule has 0 saturated carbocycles. The van der Waals surface area contributed by atoms with Crippen LogP contribution in [0.1, 0.15) is 24.1 Å². The fraction of sp³-hybridized carbons (Fsp3) is 0.250. The molecule has 2 aromatic carbocycles. The summed E-state index contributed by atoms with van der Waals surface area (Å²) in [5.41, 5.74) is 1.83. The zero-order valence-corrected chi connectivity index (χ0v) is 13.3. The van der Waals surface area contributed by atoms with Gasteiger partial charge in [0.2, 0.25) is 0 Å². The summed E-state index contributed by atoms with van der Waals surface area (Å²) in [6, 6.07) is 10.4. The van der Waals surface area contributed by atoms with Crippen molar-refractivity contribution < 1.29 is 9.13 Å². The monoisotopic (exact) mass is 337 g/mol. The molecule has 1 atom stereocenters. The summed E-state index contributed by atoms with van der Waals surface area (Å²) in [5.74, 6) is 1.16. The highest BCUT2D eigenvalue weighted by molar-refractivity contribution is 9.10. The van der Waals surface area contributed by atoms with Crippen LogP contribution in [0.3, 0.4) is 0 Å². The predicted molar refractivity (Wildman–Crippen MR) is 82.8 cm³/mol. The molecule has 2 aromatic rings. The highest BCUT2D eigenvalue weighted by Gasteiger charge is 2.13. The average molecular weight is 338 g/mol. The van der Waals surface area contributed by atoms with Crippen LogP contribution in [0.2, 0.25) is 0 Å². The molecule has 2 rings (SSSR count). The fourth-order valence-corrected chi connectivity index (χ4v) is 2.25. The van der Waals surface area contributed by atoms with E-state index in [0.717, 1.165) is 21.3 Å². The standard InChI is InChI=1S/C16H17BrFNO/c1-10-4-5-12(17)8-16(10)20-15-7-6-13(18)9-14(15)11(2)19-3/h4-9,11,19H,1-3H3. The van der Waals surface area contributed by atoms with Gasteiger partial charge in [0.05, 0.1) is 0 Å². The molecule has 2 nitrogen and oxygen atoms in total. The number of halogens is 2. The van der Waals surface area contributed by atoms with Crippen molar-refractivity contribution in [3.05, 3.63) is 57.8 Å². The van der Waals surface area contributed by atoms with E-state index < -0.39 is 0 Å². The summed E-state index contributed by atoms with van der Waals surface area (Å²) in [4.78, 5) is 0. The minimum atomic E-state index is -0.264. The second-order valence-corrected chi connectivity index (χ2v) is 5.62. The van der Waals surface area contributed by atoms with E-state index in [1.54, 1.807) is 6.07 Å². The third-order valence-corrected chi connectivity index (χ3v) is 3.73. The first-order valence-corrected chi connectivity index (χ1v) is 7.21. The molecule has 0 aliphatic rings. The van der Waals surface area contributed by atoms with Gasteiger partial charge in [-0.25, -0.2) is 4.39 Å². The van der Waals surface area contributed by atoms with Crippen molar-refractivity contribution >= 4 is 15.9 Å². The fourth-order valence-electron chi connectivity index (χ4n) is 1.91. The molecule has 0 aliphatic heterocycles. The van der Waals surface area contributed by atoms with Crippen LogP contribution in [0.4, 0.5) is 4.39 Å². The van der Waals surface area contributed by atoms with Crippen LogP contribution in [-0.4, -0.2) is 7.05 Å². The number of hydrogen-bond donors (Lipinski definition) is 1. The lowest BCUT2D eigenvalue weighted by Gasteiger charge is -2.17. The maximum absolute atomic E-state index is 13.4. The Hall–Kier alpha value is -1.39. The summed E-state index contributed by atoms with van der Waals surface area (Å²) in [6.07, 6.45) is 0. The van der Waals surface area contributed by atoms with Gasteiger partial charge in [0.25, 0.3) is 0 Å². The van der Waals surface area contributed by atoms with Gasteiger partial charge in [-0.15, -0.1) is 0 Å². The Bertz CT molecular complexity index is 615. The molecule has 106 valence electrons. The molecule has 0 heterocycles. The van der Waals surface area contributed by atoms with E-state index in [4.69, 9.17) is 4.74 Å². The number of hydrogen-bond acceptors (Lipinski definition) is 2. The molecular weight excluding hydrogens is 321 g/mol. The van der Waals surface area contributed by atoms with Gasteiger partial charge >= 0.3 is 0 Å². The predicted octanol–water partition coefficient (Wildman–Crippen LogP) is 4.97. The Morgan fingerprint density at radius 3 is 2.60 bits per heavy atom. The SMILES string of the molecule is CNC(C)c1cc(F)ccc1Oc1cc(Br)ccc1C. The summed E-state index contributed by atoms with van der Waals surface area (Å²) >= 11 is 3.43. The molecule has 20 heavy (non-hydrogen) atoms. The first-order chi connectivity index (χ1) is 9.51. The lowest BCUT2D eigenvalue weighted by molar-refractivity contribution is 0.460. The minimum absolute atomic E-state index is 0.00755. The van der Waals surface area contributed by atoms with Gasteiger partial charge in [-0.05, 0) is 56.8 Å². The molecule has 1 N–H and O–H groups in total. The second-order valence-electron chi connectivity index (χ2n) is 4.70. The van der Waals surface area contributed by atoms with E-state index in [1.807, 2.05) is 39.1 Å². The highest BCUT2D eigenvalue weighted by Crippen LogP contribution is 2.33. The van der Waals surface area contributed by atoms with E-state index >= 15 is 0 Å². The third kappa shape index (κ3) is 3.38. The van der Waals surface area contributed by atoms with Gasteiger partial charge in [0.1, 0.15) is 17.3 Å². The van der Waals surface area contributed by atoms with Crippen LogP contribution in [-0.2, 0) is 0 Å². The molecule has 0 aliphatic carbocycles. The van der Waals surface area contributed by atoms with E-state index in [1.165, 1.54) is 12.1 Å². The quantitative estimate of drug-likeness (QED) is 0.850. The Labute approximate surface area is 127 Å². The Kier molecular flexibility index (Phi) is 4.78. The molecule has 0 saturated heterocycles. The summed E-state index contributed by atoms with van der Waals surface area (Å²) in [7, 11) is 1.84. The van der Waals surface area contributed by atoms with Crippen LogP contribution in [0.5, 0.6) is 11.5 Å². The van der Waals surface area contributed by atoms with Gasteiger partial charge in [0.15, 0.2) is 0 Å². The molecule has 0 spiro atoms. The van der Waals surface area contributed by atoms with Crippen LogP contribution in [0.15, 0.2) is 40.9 Å². The van der Waals surface area contributed by atoms with E-state index in [2.05, 4.69) is 21.2 Å². The van der Waals surface area contributed by atoms with E-state index in [0.29, 0.717) is 5.75 Å². The van der Waals surface area contributed by atoms with E-state index in [-0.39, 0.29) is 11.9 Å². The van der Waals surface area contributed by atoms with Gasteiger partial charge in [-0.2, -0.15) is 0 Å². The number of ether oxygens (including phenoxy) is 1. The van der Waals surface area contributed by atoms with Gasteiger partial charge in [0, 0.05) is 16.1 Å². The van der Waals surface area contributed by atoms with E-state index in [9.17, 15) is 4.39 Å². The smallest absolute Gasteiger partial charge is 0.132 e. The van der Waals surface area contributed by atoms with Gasteiger partial charge in [-0.3, -0.25) is 0 Å². The Morgan fingerprint density at radius 1 is 1.15 bits per heavy atom. The van der Waals surface area contributed by atoms with Crippen molar-refractivity contribution in [3.63, 3.8) is 0 Å². The largest absolute Gasteiger partial charge is 0.457 e. The van der Waals surface area contributed by atoms with Crippen molar-refractivity contribution in [1.82, 2.24) is 5.32 Å². The molecule has 1 unspecified atom stereocenters. The van der Waals surface area contributed by atoms with Crippen LogP contribution in [0, 0.1) is 12.7 Å². The summed E-state index contributed by atoms with van der Waals surface area (Å²) in [5, 5.41) is 3.10. The lowest BCUT2D eigenvalue weighted by Crippen LogP contribution is -2.13. The van der Waals surface area contributed by atoms with Crippen molar-refractivity contribution in [2.75, 3.05) is 7.05 Å². The van der Waals surface area contributed by atoms with Crippen LogP contribution in [0.25, 0.3) is 0 Å². The number of nitrogens with one attached hydrogen (secondary N) is 1. The topological polar surface area (TPSA) is 21.3 Å². The van der Waals surface area contributed by atoms with Gasteiger partial charge in [-0.1, -0.05) is 22.0 Å². The molecule has 0 bridgehead atoms. The minimum Gasteiger partial charge on any atom is -0.457 e. The zero-order valence-electron chi connectivity index (χ0n) is 11.7. The van der Waals surface area contributed by atoms with Crippen molar-refractivity contribution in [2.24, 2.45) is 0 Å². The maximum atomic E-state index is 13.4. The summed E-state index contributed by atoms with van der Waals surface area (Å²) < 4.78 is 20.3. The molecule has 0 radical (unpaired) electrons. The third-order valence-electron chi connectivity index (χ3n) is 3.24. The Morgan fingerprint density at radius 2 is 1.90 bits per heavy atom. The van der Waals surface area contributed by atoms with Crippen LogP contribution >= 0.6 is 15.9 Å². The molecule has 4 heteroatoms. The number of rotatable bonds is 4. The average Bonchev–Trinajstić information content (AvgIpc) is 2.43. The molecule has 0 aromatic heterocycles. The first kappa shape index (κ1) is 15.0.